The van der Waals surface area contributed by atoms with Crippen LogP contribution < -0.4 is 9.47 Å². The minimum atomic E-state index is -1.11. The lowest BCUT2D eigenvalue weighted by Crippen LogP contribution is -2.05. The lowest BCUT2D eigenvalue weighted by molar-refractivity contribution is 0.0691. The number of hydrogen-bond acceptors (Lipinski definition) is 3. The average molecular weight is 355 g/mol. The maximum atomic E-state index is 13.8. The predicted molar refractivity (Wildman–Crippen MR) is 78.4 cm³/mol. The topological polar surface area (TPSA) is 55.8 Å². The summed E-state index contributed by atoms with van der Waals surface area (Å²) >= 11 is 3.23. The first-order valence-corrected chi connectivity index (χ1v) is 6.79. The van der Waals surface area contributed by atoms with Gasteiger partial charge in [0.05, 0.1) is 11.6 Å². The molecule has 0 aromatic heterocycles. The third-order valence-corrected chi connectivity index (χ3v) is 3.45. The van der Waals surface area contributed by atoms with Crippen LogP contribution in [0.15, 0.2) is 40.9 Å². The summed E-state index contributed by atoms with van der Waals surface area (Å²) in [5.74, 6) is -1.01. The molecule has 0 heterocycles. The molecule has 0 aliphatic rings. The molecule has 0 saturated carbocycles. The average Bonchev–Trinajstić information content (AvgIpc) is 2.46. The lowest BCUT2D eigenvalue weighted by atomic mass is 10.2. The summed E-state index contributed by atoms with van der Waals surface area (Å²) in [4.78, 5) is 11.1. The Bertz CT molecular complexity index is 673. The predicted octanol–water partition coefficient (Wildman–Crippen LogP) is 3.87. The van der Waals surface area contributed by atoms with Crippen LogP contribution in [0.2, 0.25) is 0 Å². The maximum Gasteiger partial charge on any atom is 0.339 e. The molecule has 2 rings (SSSR count). The van der Waals surface area contributed by atoms with Crippen LogP contribution in [0.1, 0.15) is 15.9 Å². The molecular weight excluding hydrogens is 343 g/mol. The van der Waals surface area contributed by atoms with Crippen LogP contribution in [0, 0.1) is 5.82 Å². The van der Waals surface area contributed by atoms with Crippen LogP contribution in [0.5, 0.6) is 11.5 Å². The number of carboxylic acid groups (broad SMARTS) is 1. The van der Waals surface area contributed by atoms with Gasteiger partial charge < -0.3 is 14.6 Å². The Balaban J connectivity index is 2.22. The van der Waals surface area contributed by atoms with Gasteiger partial charge in [0.15, 0.2) is 0 Å². The molecule has 110 valence electrons. The van der Waals surface area contributed by atoms with Gasteiger partial charge in [0.25, 0.3) is 0 Å². The molecule has 0 fully saturated rings. The van der Waals surface area contributed by atoms with E-state index in [1.54, 1.807) is 18.2 Å². The Morgan fingerprint density at radius 1 is 1.33 bits per heavy atom. The number of halogens is 2. The zero-order valence-corrected chi connectivity index (χ0v) is 12.7. The van der Waals surface area contributed by atoms with Gasteiger partial charge in [-0.2, -0.15) is 0 Å². The summed E-state index contributed by atoms with van der Waals surface area (Å²) in [6.45, 7) is -0.0846. The quantitative estimate of drug-likeness (QED) is 0.885. The fourth-order valence-corrected chi connectivity index (χ4v) is 2.23. The highest BCUT2D eigenvalue weighted by molar-refractivity contribution is 9.10. The van der Waals surface area contributed by atoms with Gasteiger partial charge in [0, 0.05) is 11.6 Å². The van der Waals surface area contributed by atoms with E-state index < -0.39 is 11.8 Å². The highest BCUT2D eigenvalue weighted by Gasteiger charge is 2.15. The number of aromatic carboxylic acids is 1. The lowest BCUT2D eigenvalue weighted by Gasteiger charge is -2.12. The number of hydrogen-bond donors (Lipinski definition) is 1. The van der Waals surface area contributed by atoms with E-state index >= 15 is 0 Å². The normalized spacial score (nSPS) is 10.2. The van der Waals surface area contributed by atoms with Crippen molar-refractivity contribution in [2.75, 3.05) is 7.11 Å². The monoisotopic (exact) mass is 354 g/mol. The molecular formula is C15H12BrFO4. The zero-order valence-electron chi connectivity index (χ0n) is 11.1. The van der Waals surface area contributed by atoms with Crippen molar-refractivity contribution >= 4 is 21.9 Å². The third kappa shape index (κ3) is 3.52. The fourth-order valence-electron chi connectivity index (χ4n) is 1.75. The smallest absolute Gasteiger partial charge is 0.339 e. The van der Waals surface area contributed by atoms with Gasteiger partial charge in [-0.1, -0.05) is 6.07 Å². The van der Waals surface area contributed by atoms with Gasteiger partial charge in [0.1, 0.15) is 29.5 Å². The van der Waals surface area contributed by atoms with E-state index in [4.69, 9.17) is 14.6 Å². The van der Waals surface area contributed by atoms with Gasteiger partial charge in [-0.25, -0.2) is 9.18 Å². The molecule has 1 N–H and O–H groups in total. The van der Waals surface area contributed by atoms with Crippen LogP contribution in [0.25, 0.3) is 0 Å². The molecule has 0 atom stereocenters. The molecule has 0 bridgehead atoms. The van der Waals surface area contributed by atoms with Crippen molar-refractivity contribution in [1.82, 2.24) is 0 Å². The summed E-state index contributed by atoms with van der Waals surface area (Å²) in [5, 5.41) is 9.12. The number of carboxylic acids is 1. The molecule has 0 amide bonds. The molecule has 0 saturated heterocycles. The second-order valence-electron chi connectivity index (χ2n) is 4.17. The van der Waals surface area contributed by atoms with E-state index in [9.17, 15) is 9.18 Å². The summed E-state index contributed by atoms with van der Waals surface area (Å²) in [6, 6.07) is 9.07. The van der Waals surface area contributed by atoms with E-state index in [0.717, 1.165) is 0 Å². The minimum Gasteiger partial charge on any atom is -0.497 e. The van der Waals surface area contributed by atoms with Gasteiger partial charge in [-0.15, -0.1) is 0 Å². The Hall–Kier alpha value is -2.08. The van der Waals surface area contributed by atoms with Crippen molar-refractivity contribution in [1.29, 1.82) is 0 Å². The molecule has 0 unspecified atom stereocenters. The first kappa shape index (κ1) is 15.3. The molecule has 0 radical (unpaired) electrons. The van der Waals surface area contributed by atoms with E-state index in [-0.39, 0.29) is 17.9 Å². The molecule has 21 heavy (non-hydrogen) atoms. The van der Waals surface area contributed by atoms with E-state index in [1.165, 1.54) is 25.3 Å². The number of rotatable bonds is 5. The van der Waals surface area contributed by atoms with Crippen molar-refractivity contribution < 1.29 is 23.8 Å². The summed E-state index contributed by atoms with van der Waals surface area (Å²) in [6.07, 6.45) is 0. The number of para-hydroxylation sites is 1. The Kier molecular flexibility index (Phi) is 4.80. The van der Waals surface area contributed by atoms with Crippen LogP contribution in [0.4, 0.5) is 4.39 Å². The van der Waals surface area contributed by atoms with Crippen molar-refractivity contribution in [2.45, 2.75) is 6.61 Å². The molecule has 6 heteroatoms. The summed E-state index contributed by atoms with van der Waals surface area (Å²) in [7, 11) is 1.45. The Labute approximate surface area is 129 Å². The number of methoxy groups -OCH3 is 1. The highest BCUT2D eigenvalue weighted by atomic mass is 79.9. The van der Waals surface area contributed by atoms with Crippen molar-refractivity contribution in [2.24, 2.45) is 0 Å². The molecule has 0 spiro atoms. The number of carbonyl (C=O) groups is 1. The SMILES string of the molecule is COc1ccc(COc2c(Br)cccc2C(=O)O)c(F)c1. The van der Waals surface area contributed by atoms with E-state index in [0.29, 0.717) is 15.8 Å². The Morgan fingerprint density at radius 3 is 2.71 bits per heavy atom. The molecule has 4 nitrogen and oxygen atoms in total. The van der Waals surface area contributed by atoms with Gasteiger partial charge in [-0.3, -0.25) is 0 Å². The largest absolute Gasteiger partial charge is 0.497 e. The number of benzene rings is 2. The van der Waals surface area contributed by atoms with Crippen molar-refractivity contribution in [3.63, 3.8) is 0 Å². The summed E-state index contributed by atoms with van der Waals surface area (Å²) in [5.41, 5.74) is 0.321. The zero-order chi connectivity index (χ0) is 15.4. The van der Waals surface area contributed by atoms with Crippen molar-refractivity contribution in [3.8, 4) is 11.5 Å². The van der Waals surface area contributed by atoms with Crippen LogP contribution in [-0.4, -0.2) is 18.2 Å². The van der Waals surface area contributed by atoms with Gasteiger partial charge in [0.2, 0.25) is 0 Å². The molecule has 0 aliphatic carbocycles. The first-order valence-electron chi connectivity index (χ1n) is 6.00. The Morgan fingerprint density at radius 2 is 2.10 bits per heavy atom. The third-order valence-electron chi connectivity index (χ3n) is 2.83. The number of ether oxygens (including phenoxy) is 2. The van der Waals surface area contributed by atoms with E-state index in [1.807, 2.05) is 0 Å². The summed E-state index contributed by atoms with van der Waals surface area (Å²) < 4.78 is 24.7. The van der Waals surface area contributed by atoms with E-state index in [2.05, 4.69) is 15.9 Å². The molecule has 2 aromatic rings. The second kappa shape index (κ2) is 6.58. The molecule has 0 aliphatic heterocycles. The maximum absolute atomic E-state index is 13.8. The first-order chi connectivity index (χ1) is 10.0. The molecule has 2 aromatic carbocycles. The van der Waals surface area contributed by atoms with Crippen LogP contribution in [0.3, 0.4) is 0 Å². The van der Waals surface area contributed by atoms with Gasteiger partial charge >= 0.3 is 5.97 Å². The van der Waals surface area contributed by atoms with Gasteiger partial charge in [-0.05, 0) is 40.2 Å². The van der Waals surface area contributed by atoms with Crippen molar-refractivity contribution in [3.05, 3.63) is 57.8 Å². The van der Waals surface area contributed by atoms with Crippen LogP contribution in [-0.2, 0) is 6.61 Å². The fraction of sp³-hybridized carbons (Fsp3) is 0.133. The second-order valence-corrected chi connectivity index (χ2v) is 5.02. The highest BCUT2D eigenvalue weighted by Crippen LogP contribution is 2.30. The van der Waals surface area contributed by atoms with Crippen LogP contribution >= 0.6 is 15.9 Å². The minimum absolute atomic E-state index is 0.0123. The standard InChI is InChI=1S/C15H12BrFO4/c1-20-10-6-5-9(13(17)7-10)8-21-14-11(15(18)19)3-2-4-12(14)16/h2-7H,8H2,1H3,(H,18,19).